The van der Waals surface area contributed by atoms with E-state index in [9.17, 15) is 13.5 Å². The zero-order valence-electron chi connectivity index (χ0n) is 11.4. The number of rotatable bonds is 4. The summed E-state index contributed by atoms with van der Waals surface area (Å²) in [4.78, 5) is 0. The van der Waals surface area contributed by atoms with Gasteiger partial charge in [0.05, 0.1) is 6.61 Å². The first-order valence-corrected chi connectivity index (χ1v) is 7.25. The molecule has 0 aliphatic heterocycles. The molecular weight excluding hydrogens is 254 g/mol. The van der Waals surface area contributed by atoms with Gasteiger partial charge in [-0.15, -0.1) is 0 Å². The second kappa shape index (κ2) is 4.99. The van der Waals surface area contributed by atoms with Crippen LogP contribution in [-0.2, 0) is 16.6 Å². The molecule has 0 bridgehead atoms. The maximum absolute atomic E-state index is 12.2. The van der Waals surface area contributed by atoms with Crippen LogP contribution in [0.2, 0.25) is 0 Å². The molecule has 1 aromatic rings. The van der Waals surface area contributed by atoms with E-state index in [1.54, 1.807) is 13.8 Å². The first-order valence-electron chi connectivity index (χ1n) is 5.76. The van der Waals surface area contributed by atoms with Gasteiger partial charge in [-0.2, -0.15) is 5.10 Å². The fraction of sp³-hybridized carbons (Fsp3) is 0.727. The molecule has 0 aliphatic carbocycles. The predicted octanol–water partition coefficient (Wildman–Crippen LogP) is 0.923. The minimum absolute atomic E-state index is 0.126. The van der Waals surface area contributed by atoms with Crippen molar-refractivity contribution in [2.45, 2.75) is 52.3 Å². The molecule has 0 amide bonds. The quantitative estimate of drug-likeness (QED) is 0.761. The molecule has 0 fully saturated rings. The predicted molar refractivity (Wildman–Crippen MR) is 68.5 cm³/mol. The number of nitrogens with zero attached hydrogens (tertiary/aromatic N) is 1. The van der Waals surface area contributed by atoms with E-state index in [2.05, 4.69) is 14.9 Å². The number of aromatic amines is 1. The molecule has 3 N–H and O–H groups in total. The Balaban J connectivity index is 3.08. The summed E-state index contributed by atoms with van der Waals surface area (Å²) in [6, 6.07) is -0.244. The van der Waals surface area contributed by atoms with Crippen molar-refractivity contribution >= 4 is 10.0 Å². The largest absolute Gasteiger partial charge is 0.392 e. The number of nitrogens with one attached hydrogen (secondary N) is 2. The molecule has 1 unspecified atom stereocenters. The molecule has 0 saturated heterocycles. The molecule has 0 aromatic carbocycles. The lowest BCUT2D eigenvalue weighted by molar-refractivity contribution is 0.277. The minimum atomic E-state index is -3.72. The van der Waals surface area contributed by atoms with Crippen LogP contribution >= 0.6 is 0 Å². The van der Waals surface area contributed by atoms with Gasteiger partial charge in [0.15, 0.2) is 5.03 Å². The maximum Gasteiger partial charge on any atom is 0.260 e. The standard InChI is InChI=1S/C11H21N3O3S/c1-7-9(6-15)10(13-12-7)18(16,17)14-8(2)11(3,4)5/h8,14-15H,6H2,1-5H3,(H,12,13). The lowest BCUT2D eigenvalue weighted by atomic mass is 9.89. The molecular formula is C11H21N3O3S. The third-order valence-corrected chi connectivity index (χ3v) is 4.59. The van der Waals surface area contributed by atoms with Gasteiger partial charge in [-0.05, 0) is 19.3 Å². The molecule has 7 heteroatoms. The molecule has 104 valence electrons. The highest BCUT2D eigenvalue weighted by molar-refractivity contribution is 7.89. The number of H-pyrrole nitrogens is 1. The van der Waals surface area contributed by atoms with Crippen molar-refractivity contribution in [2.75, 3.05) is 0 Å². The summed E-state index contributed by atoms with van der Waals surface area (Å²) in [5, 5.41) is 15.4. The number of aromatic nitrogens is 2. The zero-order chi connectivity index (χ0) is 14.1. The van der Waals surface area contributed by atoms with E-state index in [4.69, 9.17) is 0 Å². The fourth-order valence-corrected chi connectivity index (χ4v) is 2.94. The lowest BCUT2D eigenvalue weighted by Crippen LogP contribution is -2.41. The third-order valence-electron chi connectivity index (χ3n) is 3.08. The van der Waals surface area contributed by atoms with Crippen molar-refractivity contribution in [1.29, 1.82) is 0 Å². The van der Waals surface area contributed by atoms with Crippen molar-refractivity contribution in [2.24, 2.45) is 5.41 Å². The van der Waals surface area contributed by atoms with E-state index in [1.807, 2.05) is 20.8 Å². The van der Waals surface area contributed by atoms with Crippen LogP contribution < -0.4 is 4.72 Å². The van der Waals surface area contributed by atoms with Crippen molar-refractivity contribution in [3.8, 4) is 0 Å². The van der Waals surface area contributed by atoms with Gasteiger partial charge in [0.2, 0.25) is 0 Å². The number of hydrogen-bond donors (Lipinski definition) is 3. The summed E-state index contributed by atoms with van der Waals surface area (Å²) < 4.78 is 26.9. The summed E-state index contributed by atoms with van der Waals surface area (Å²) in [7, 11) is -3.72. The second-order valence-corrected chi connectivity index (χ2v) is 7.13. The topological polar surface area (TPSA) is 95.1 Å². The van der Waals surface area contributed by atoms with Gasteiger partial charge in [0, 0.05) is 17.3 Å². The fourth-order valence-electron chi connectivity index (χ4n) is 1.30. The first-order chi connectivity index (χ1) is 8.09. The average Bonchev–Trinajstić information content (AvgIpc) is 2.57. The van der Waals surface area contributed by atoms with E-state index < -0.39 is 10.0 Å². The lowest BCUT2D eigenvalue weighted by Gasteiger charge is -2.27. The van der Waals surface area contributed by atoms with Crippen molar-refractivity contribution < 1.29 is 13.5 Å². The number of hydrogen-bond acceptors (Lipinski definition) is 4. The Bertz CT molecular complexity index is 514. The van der Waals surface area contributed by atoms with E-state index in [0.29, 0.717) is 11.3 Å². The SMILES string of the molecule is Cc1[nH]nc(S(=O)(=O)NC(C)C(C)(C)C)c1CO. The summed E-state index contributed by atoms with van der Waals surface area (Å²) in [6.45, 7) is 8.96. The molecule has 6 nitrogen and oxygen atoms in total. The highest BCUT2D eigenvalue weighted by atomic mass is 32.2. The highest BCUT2D eigenvalue weighted by Gasteiger charge is 2.29. The van der Waals surface area contributed by atoms with Gasteiger partial charge in [0.25, 0.3) is 10.0 Å². The first kappa shape index (κ1) is 15.1. The summed E-state index contributed by atoms with van der Waals surface area (Å²) >= 11 is 0. The van der Waals surface area contributed by atoms with Crippen LogP contribution in [0.4, 0.5) is 0 Å². The van der Waals surface area contributed by atoms with E-state index in [-0.39, 0.29) is 23.1 Å². The molecule has 1 rings (SSSR count). The molecule has 1 aromatic heterocycles. The van der Waals surface area contributed by atoms with Crippen LogP contribution in [0.3, 0.4) is 0 Å². The van der Waals surface area contributed by atoms with E-state index in [1.165, 1.54) is 0 Å². The number of aryl methyl sites for hydroxylation is 1. The monoisotopic (exact) mass is 275 g/mol. The Morgan fingerprint density at radius 2 is 2.00 bits per heavy atom. The van der Waals surface area contributed by atoms with Crippen LogP contribution in [0.25, 0.3) is 0 Å². The second-order valence-electron chi connectivity index (χ2n) is 5.50. The molecule has 1 atom stereocenters. The molecule has 0 radical (unpaired) electrons. The Morgan fingerprint density at radius 1 is 1.44 bits per heavy atom. The van der Waals surface area contributed by atoms with E-state index in [0.717, 1.165) is 0 Å². The van der Waals surface area contributed by atoms with Gasteiger partial charge >= 0.3 is 0 Å². The van der Waals surface area contributed by atoms with Gasteiger partial charge < -0.3 is 5.11 Å². The van der Waals surface area contributed by atoms with Crippen LogP contribution in [0, 0.1) is 12.3 Å². The Kier molecular flexibility index (Phi) is 4.19. The van der Waals surface area contributed by atoms with Crippen LogP contribution in [-0.4, -0.2) is 29.8 Å². The average molecular weight is 275 g/mol. The number of sulfonamides is 1. The highest BCUT2D eigenvalue weighted by Crippen LogP contribution is 2.22. The smallest absolute Gasteiger partial charge is 0.260 e. The Morgan fingerprint density at radius 3 is 2.44 bits per heavy atom. The van der Waals surface area contributed by atoms with Crippen LogP contribution in [0.1, 0.15) is 39.0 Å². The molecule has 0 aliphatic rings. The van der Waals surface area contributed by atoms with Gasteiger partial charge in [-0.1, -0.05) is 20.8 Å². The maximum atomic E-state index is 12.2. The van der Waals surface area contributed by atoms with Crippen LogP contribution in [0.15, 0.2) is 5.03 Å². The number of aliphatic hydroxyl groups is 1. The minimum Gasteiger partial charge on any atom is -0.392 e. The molecule has 0 spiro atoms. The van der Waals surface area contributed by atoms with Gasteiger partial charge in [-0.3, -0.25) is 5.10 Å². The summed E-state index contributed by atoms with van der Waals surface area (Å²) in [5.74, 6) is 0. The molecule has 1 heterocycles. The van der Waals surface area contributed by atoms with Gasteiger partial charge in [-0.25, -0.2) is 13.1 Å². The normalized spacial score (nSPS) is 14.8. The molecule has 18 heavy (non-hydrogen) atoms. The van der Waals surface area contributed by atoms with Crippen molar-refractivity contribution in [3.05, 3.63) is 11.3 Å². The zero-order valence-corrected chi connectivity index (χ0v) is 12.2. The summed E-state index contributed by atoms with van der Waals surface area (Å²) in [6.07, 6.45) is 0. The van der Waals surface area contributed by atoms with E-state index >= 15 is 0 Å². The van der Waals surface area contributed by atoms with Gasteiger partial charge in [0.1, 0.15) is 0 Å². The number of aliphatic hydroxyl groups excluding tert-OH is 1. The van der Waals surface area contributed by atoms with Crippen LogP contribution in [0.5, 0.6) is 0 Å². The Labute approximate surface area is 108 Å². The Hall–Kier alpha value is -0.920. The van der Waals surface area contributed by atoms with Crippen molar-refractivity contribution in [3.63, 3.8) is 0 Å². The molecule has 0 saturated carbocycles. The summed E-state index contributed by atoms with van der Waals surface area (Å²) in [5.41, 5.74) is 0.669. The third kappa shape index (κ3) is 3.09. The van der Waals surface area contributed by atoms with Crippen molar-refractivity contribution in [1.82, 2.24) is 14.9 Å².